The molecule has 0 radical (unpaired) electrons. The van der Waals surface area contributed by atoms with Crippen LogP contribution in [0.25, 0.3) is 0 Å². The van der Waals surface area contributed by atoms with Crippen LogP contribution in [0.5, 0.6) is 0 Å². The van der Waals surface area contributed by atoms with Gasteiger partial charge >= 0.3 is 11.8 Å². The minimum atomic E-state index is -0.568. The summed E-state index contributed by atoms with van der Waals surface area (Å²) in [7, 11) is 0. The highest BCUT2D eigenvalue weighted by Gasteiger charge is 2.28. The van der Waals surface area contributed by atoms with Crippen molar-refractivity contribution >= 4 is 29.2 Å². The SMILES string of the molecule is CC(C)(C)OC(=O)N1CCC(Nc2nc(Nc3ccc(F)cc3)ncc2[N+](=O)[O-])CC1. The molecule has 1 aliphatic heterocycles. The van der Waals surface area contributed by atoms with Gasteiger partial charge in [-0.1, -0.05) is 0 Å². The number of hydrogen-bond donors (Lipinski definition) is 2. The summed E-state index contributed by atoms with van der Waals surface area (Å²) >= 11 is 0. The maximum Gasteiger partial charge on any atom is 0.410 e. The van der Waals surface area contributed by atoms with Crippen LogP contribution in [0.4, 0.5) is 32.3 Å². The van der Waals surface area contributed by atoms with Gasteiger partial charge in [0.1, 0.15) is 17.6 Å². The standard InChI is InChI=1S/C20H25FN6O4/c1-20(2,3)31-19(28)26-10-8-15(9-11-26)23-17-16(27(29)30)12-22-18(25-17)24-14-6-4-13(21)5-7-14/h4-7,12,15H,8-11H2,1-3H3,(H2,22,23,24,25). The van der Waals surface area contributed by atoms with Crippen LogP contribution in [0.15, 0.2) is 30.5 Å². The number of benzene rings is 1. The molecule has 2 heterocycles. The van der Waals surface area contributed by atoms with Crippen molar-refractivity contribution in [1.82, 2.24) is 14.9 Å². The van der Waals surface area contributed by atoms with Crippen LogP contribution in [0.2, 0.25) is 0 Å². The van der Waals surface area contributed by atoms with E-state index in [0.717, 1.165) is 6.20 Å². The fraction of sp³-hybridized carbons (Fsp3) is 0.450. The molecule has 0 spiro atoms. The van der Waals surface area contributed by atoms with Gasteiger partial charge in [-0.2, -0.15) is 4.98 Å². The first-order chi connectivity index (χ1) is 14.6. The zero-order chi connectivity index (χ0) is 22.6. The number of likely N-dealkylation sites (tertiary alicyclic amines) is 1. The molecule has 0 aliphatic carbocycles. The largest absolute Gasteiger partial charge is 0.444 e. The molecule has 166 valence electrons. The minimum absolute atomic E-state index is 0.0836. The number of nitrogens with one attached hydrogen (secondary N) is 2. The van der Waals surface area contributed by atoms with E-state index in [4.69, 9.17) is 4.74 Å². The number of nitro groups is 1. The zero-order valence-electron chi connectivity index (χ0n) is 17.6. The molecule has 10 nitrogen and oxygen atoms in total. The fourth-order valence-corrected chi connectivity index (χ4v) is 3.06. The summed E-state index contributed by atoms with van der Waals surface area (Å²) in [5, 5.41) is 17.4. The Balaban J connectivity index is 1.67. The molecule has 0 saturated carbocycles. The maximum atomic E-state index is 13.1. The van der Waals surface area contributed by atoms with Crippen LogP contribution in [0.3, 0.4) is 0 Å². The number of hydrogen-bond acceptors (Lipinski definition) is 8. The molecular weight excluding hydrogens is 407 g/mol. The second-order valence-corrected chi connectivity index (χ2v) is 8.20. The highest BCUT2D eigenvalue weighted by Crippen LogP contribution is 2.26. The quantitative estimate of drug-likeness (QED) is 0.535. The van der Waals surface area contributed by atoms with Crippen molar-refractivity contribution in [3.05, 3.63) is 46.4 Å². The third-order valence-corrected chi connectivity index (χ3v) is 4.55. The van der Waals surface area contributed by atoms with E-state index in [-0.39, 0.29) is 35.4 Å². The number of carbonyl (C=O) groups excluding carboxylic acids is 1. The number of halogens is 1. The summed E-state index contributed by atoms with van der Waals surface area (Å²) in [5.74, 6) is -0.151. The average molecular weight is 432 g/mol. The smallest absolute Gasteiger partial charge is 0.410 e. The number of ether oxygens (including phenoxy) is 1. The van der Waals surface area contributed by atoms with Crippen LogP contribution in [0, 0.1) is 15.9 Å². The zero-order valence-corrected chi connectivity index (χ0v) is 17.6. The van der Waals surface area contributed by atoms with Crippen molar-refractivity contribution in [2.75, 3.05) is 23.7 Å². The fourth-order valence-electron chi connectivity index (χ4n) is 3.06. The molecule has 2 aromatic rings. The Labute approximate surface area is 179 Å². The molecule has 31 heavy (non-hydrogen) atoms. The molecule has 2 N–H and O–H groups in total. The molecule has 0 unspecified atom stereocenters. The van der Waals surface area contributed by atoms with E-state index in [1.54, 1.807) is 4.90 Å². The lowest BCUT2D eigenvalue weighted by Crippen LogP contribution is -2.44. The number of carbonyl (C=O) groups is 1. The molecule has 3 rings (SSSR count). The van der Waals surface area contributed by atoms with E-state index in [0.29, 0.717) is 31.6 Å². The van der Waals surface area contributed by atoms with Crippen molar-refractivity contribution in [1.29, 1.82) is 0 Å². The number of amides is 1. The maximum absolute atomic E-state index is 13.1. The lowest BCUT2D eigenvalue weighted by atomic mass is 10.1. The summed E-state index contributed by atoms with van der Waals surface area (Å²) < 4.78 is 18.5. The minimum Gasteiger partial charge on any atom is -0.444 e. The van der Waals surface area contributed by atoms with Crippen LogP contribution < -0.4 is 10.6 Å². The molecule has 1 amide bonds. The number of anilines is 3. The Hall–Kier alpha value is -3.50. The summed E-state index contributed by atoms with van der Waals surface area (Å²) in [6.07, 6.45) is 1.92. The summed E-state index contributed by atoms with van der Waals surface area (Å²) in [6.45, 7) is 6.36. The monoisotopic (exact) mass is 432 g/mol. The average Bonchev–Trinajstić information content (AvgIpc) is 2.69. The Morgan fingerprint density at radius 2 is 1.90 bits per heavy atom. The van der Waals surface area contributed by atoms with E-state index in [9.17, 15) is 19.3 Å². The van der Waals surface area contributed by atoms with Crippen molar-refractivity contribution in [3.8, 4) is 0 Å². The van der Waals surface area contributed by atoms with Gasteiger partial charge in [-0.25, -0.2) is 14.2 Å². The van der Waals surface area contributed by atoms with Crippen molar-refractivity contribution < 1.29 is 18.8 Å². The highest BCUT2D eigenvalue weighted by atomic mass is 19.1. The molecule has 1 saturated heterocycles. The van der Waals surface area contributed by atoms with Gasteiger partial charge in [0, 0.05) is 24.8 Å². The lowest BCUT2D eigenvalue weighted by molar-refractivity contribution is -0.384. The molecule has 1 aromatic heterocycles. The topological polar surface area (TPSA) is 123 Å². The lowest BCUT2D eigenvalue weighted by Gasteiger charge is -2.33. The van der Waals surface area contributed by atoms with Gasteiger partial charge < -0.3 is 20.3 Å². The normalized spacial score (nSPS) is 14.8. The Morgan fingerprint density at radius 1 is 1.26 bits per heavy atom. The molecule has 11 heteroatoms. The predicted octanol–water partition coefficient (Wildman–Crippen LogP) is 4.08. The van der Waals surface area contributed by atoms with E-state index >= 15 is 0 Å². The molecule has 1 fully saturated rings. The van der Waals surface area contributed by atoms with Crippen LogP contribution in [0.1, 0.15) is 33.6 Å². The van der Waals surface area contributed by atoms with Crippen molar-refractivity contribution in [3.63, 3.8) is 0 Å². The summed E-state index contributed by atoms with van der Waals surface area (Å²) in [4.78, 5) is 32.9. The van der Waals surface area contributed by atoms with Gasteiger partial charge in [-0.3, -0.25) is 10.1 Å². The molecule has 1 aromatic carbocycles. The van der Waals surface area contributed by atoms with Gasteiger partial charge in [-0.15, -0.1) is 0 Å². The number of piperidine rings is 1. The number of aromatic nitrogens is 2. The van der Waals surface area contributed by atoms with Crippen LogP contribution in [-0.2, 0) is 4.74 Å². The van der Waals surface area contributed by atoms with Crippen molar-refractivity contribution in [2.24, 2.45) is 0 Å². The second kappa shape index (κ2) is 9.11. The highest BCUT2D eigenvalue weighted by molar-refractivity contribution is 5.68. The van der Waals surface area contributed by atoms with Gasteiger partial charge in [0.05, 0.1) is 4.92 Å². The van der Waals surface area contributed by atoms with Crippen LogP contribution in [-0.4, -0.2) is 50.6 Å². The molecule has 1 aliphatic rings. The first-order valence-corrected chi connectivity index (χ1v) is 9.89. The first-order valence-electron chi connectivity index (χ1n) is 9.89. The van der Waals surface area contributed by atoms with Gasteiger partial charge in [0.15, 0.2) is 0 Å². The second-order valence-electron chi connectivity index (χ2n) is 8.20. The molecule has 0 atom stereocenters. The summed E-state index contributed by atoms with van der Waals surface area (Å²) in [5.41, 5.74) is -0.270. The Kier molecular flexibility index (Phi) is 6.52. The van der Waals surface area contributed by atoms with Crippen LogP contribution >= 0.6 is 0 Å². The van der Waals surface area contributed by atoms with E-state index in [1.165, 1.54) is 24.3 Å². The summed E-state index contributed by atoms with van der Waals surface area (Å²) in [6, 6.07) is 5.49. The number of rotatable bonds is 5. The predicted molar refractivity (Wildman–Crippen MR) is 113 cm³/mol. The third-order valence-electron chi connectivity index (χ3n) is 4.55. The Morgan fingerprint density at radius 3 is 2.48 bits per heavy atom. The third kappa shape index (κ3) is 6.24. The van der Waals surface area contributed by atoms with E-state index in [1.807, 2.05) is 20.8 Å². The number of nitrogens with zero attached hydrogens (tertiary/aromatic N) is 4. The Bertz CT molecular complexity index is 940. The van der Waals surface area contributed by atoms with E-state index in [2.05, 4.69) is 20.6 Å². The van der Waals surface area contributed by atoms with Gasteiger partial charge in [0.2, 0.25) is 11.8 Å². The first kappa shape index (κ1) is 22.2. The van der Waals surface area contributed by atoms with Crippen molar-refractivity contribution in [2.45, 2.75) is 45.3 Å². The molecule has 0 bridgehead atoms. The molecular formula is C20H25FN6O4. The van der Waals surface area contributed by atoms with Gasteiger partial charge in [-0.05, 0) is 57.9 Å². The van der Waals surface area contributed by atoms with Gasteiger partial charge in [0.25, 0.3) is 0 Å². The van der Waals surface area contributed by atoms with E-state index < -0.39 is 10.5 Å².